The Kier molecular flexibility index (Phi) is 5.51. The van der Waals surface area contributed by atoms with Crippen LogP contribution in [0.2, 0.25) is 0 Å². The van der Waals surface area contributed by atoms with Crippen LogP contribution in [-0.4, -0.2) is 39.5 Å². The Morgan fingerprint density at radius 2 is 1.94 bits per heavy atom. The van der Waals surface area contributed by atoms with Gasteiger partial charge >= 0.3 is 6.18 Å². The summed E-state index contributed by atoms with van der Waals surface area (Å²) in [5.74, 6) is -4.86. The zero-order valence-electron chi connectivity index (χ0n) is 16.7. The molecule has 2 aromatic carbocycles. The van der Waals surface area contributed by atoms with Crippen LogP contribution in [0.25, 0.3) is 11.0 Å². The minimum absolute atomic E-state index is 0.0109. The molecular weight excluding hydrogens is 457 g/mol. The molecule has 0 bridgehead atoms. The van der Waals surface area contributed by atoms with E-state index in [4.69, 9.17) is 4.74 Å². The first-order valence-corrected chi connectivity index (χ1v) is 10.2. The van der Waals surface area contributed by atoms with Crippen molar-refractivity contribution in [3.8, 4) is 5.75 Å². The van der Waals surface area contributed by atoms with Crippen molar-refractivity contribution in [2.75, 3.05) is 12.4 Å². The summed E-state index contributed by atoms with van der Waals surface area (Å²) in [6, 6.07) is 6.44. The molecule has 1 N–H and O–H groups in total. The minimum Gasteiger partial charge on any atom is -0.493 e. The number of nitrogens with zero attached hydrogens (tertiary/aromatic N) is 2. The first-order chi connectivity index (χ1) is 15.0. The number of ether oxygens (including phenoxy) is 1. The summed E-state index contributed by atoms with van der Waals surface area (Å²) in [6.45, 7) is 0.984. The monoisotopic (exact) mass is 473 g/mol. The van der Waals surface area contributed by atoms with Crippen LogP contribution in [0.15, 0.2) is 35.0 Å². The van der Waals surface area contributed by atoms with Crippen LogP contribution in [0.1, 0.15) is 24.8 Å². The summed E-state index contributed by atoms with van der Waals surface area (Å²) >= 11 is 0.429. The maximum absolute atomic E-state index is 14.3. The van der Waals surface area contributed by atoms with Crippen molar-refractivity contribution in [3.05, 3.63) is 47.5 Å². The van der Waals surface area contributed by atoms with E-state index in [9.17, 15) is 26.7 Å². The molecule has 0 unspecified atom stereocenters. The molecule has 0 spiro atoms. The van der Waals surface area contributed by atoms with Crippen LogP contribution in [0.5, 0.6) is 5.75 Å². The topological polar surface area (TPSA) is 77.2 Å². The number of carbonyl (C=O) groups excluding carboxylic acids is 1. The lowest BCUT2D eigenvalue weighted by molar-refractivity contribution is -0.155. The molecule has 1 fully saturated rings. The third-order valence-corrected chi connectivity index (χ3v) is 7.14. The molecule has 1 aliphatic rings. The predicted octanol–water partition coefficient (Wildman–Crippen LogP) is 5.06. The fourth-order valence-corrected chi connectivity index (χ4v) is 5.29. The number of carbonyl (C=O) groups is 1. The van der Waals surface area contributed by atoms with Gasteiger partial charge in [-0.1, -0.05) is 6.07 Å². The highest BCUT2D eigenvalue weighted by Gasteiger charge is 2.60. The van der Waals surface area contributed by atoms with E-state index in [1.807, 2.05) is 0 Å². The minimum atomic E-state index is -4.64. The number of anilines is 1. The van der Waals surface area contributed by atoms with E-state index in [2.05, 4.69) is 20.3 Å². The van der Waals surface area contributed by atoms with Crippen molar-refractivity contribution < 1.29 is 36.1 Å². The number of thioether (sulfide) groups is 1. The van der Waals surface area contributed by atoms with E-state index in [-0.39, 0.29) is 11.3 Å². The van der Waals surface area contributed by atoms with E-state index >= 15 is 0 Å². The number of aromatic nitrogens is 2. The Labute approximate surface area is 182 Å². The molecule has 1 aliphatic heterocycles. The van der Waals surface area contributed by atoms with E-state index in [1.54, 1.807) is 0 Å². The first kappa shape index (κ1) is 22.3. The van der Waals surface area contributed by atoms with Crippen molar-refractivity contribution in [1.82, 2.24) is 10.3 Å². The third-order valence-electron chi connectivity index (χ3n) is 5.43. The molecule has 0 aliphatic carbocycles. The van der Waals surface area contributed by atoms with Crippen LogP contribution >= 0.6 is 11.8 Å². The Balaban J connectivity index is 1.71. The molecule has 32 heavy (non-hydrogen) atoms. The number of hydrogen-bond donors (Lipinski definition) is 1. The van der Waals surface area contributed by atoms with E-state index in [0.29, 0.717) is 22.8 Å². The maximum Gasteiger partial charge on any atom is 0.403 e. The summed E-state index contributed by atoms with van der Waals surface area (Å²) in [6.07, 6.45) is -5.16. The van der Waals surface area contributed by atoms with Crippen molar-refractivity contribution in [2.24, 2.45) is 0 Å². The number of amides is 1. The predicted molar refractivity (Wildman–Crippen MR) is 107 cm³/mol. The molecule has 2 heterocycles. The summed E-state index contributed by atoms with van der Waals surface area (Å²) in [5, 5.41) is 8.61. The summed E-state index contributed by atoms with van der Waals surface area (Å²) in [4.78, 5) is 13.1. The fourth-order valence-electron chi connectivity index (χ4n) is 3.75. The van der Waals surface area contributed by atoms with Crippen LogP contribution < -0.4 is 10.1 Å². The van der Waals surface area contributed by atoms with Gasteiger partial charge in [0.25, 0.3) is 0 Å². The lowest BCUT2D eigenvalue weighted by Crippen LogP contribution is -2.37. The van der Waals surface area contributed by atoms with Gasteiger partial charge in [0.15, 0.2) is 11.6 Å². The highest BCUT2D eigenvalue weighted by atomic mass is 32.2. The highest BCUT2D eigenvalue weighted by Crippen LogP contribution is 2.59. The molecule has 4 rings (SSSR count). The second-order valence-corrected chi connectivity index (χ2v) is 9.16. The molecule has 3 aromatic rings. The van der Waals surface area contributed by atoms with Gasteiger partial charge in [0, 0.05) is 17.2 Å². The average Bonchev–Trinajstić information content (AvgIpc) is 3.34. The normalized spacial score (nSPS) is 23.5. The van der Waals surface area contributed by atoms with Crippen molar-refractivity contribution >= 4 is 34.4 Å². The first-order valence-electron chi connectivity index (χ1n) is 9.33. The number of hydrogen-bond acceptors (Lipinski definition) is 6. The van der Waals surface area contributed by atoms with Crippen molar-refractivity contribution in [3.63, 3.8) is 0 Å². The zero-order valence-corrected chi connectivity index (χ0v) is 17.5. The van der Waals surface area contributed by atoms with Gasteiger partial charge < -0.3 is 10.1 Å². The van der Waals surface area contributed by atoms with Gasteiger partial charge in [-0.3, -0.25) is 4.79 Å². The number of methoxy groups -OCH3 is 1. The Hall–Kier alpha value is -2.89. The second-order valence-electron chi connectivity index (χ2n) is 7.52. The van der Waals surface area contributed by atoms with Crippen LogP contribution in [-0.2, 0) is 4.79 Å². The Morgan fingerprint density at radius 3 is 2.62 bits per heavy atom. The van der Waals surface area contributed by atoms with E-state index in [1.165, 1.54) is 18.2 Å². The number of rotatable bonds is 4. The standard InChI is InChI=1S/C20H16F5N3O3S/c1-19(20(23,24)25)8-11(10-4-5-12(21)15(22)16(10)30-2)17(32-19)18(29)26-9-3-6-13-14(7-9)28-31-27-13/h3-7,11,17H,8H2,1-2H3,(H,26,29)/t11-,17+,19+/m0/s1. The number of fused-ring (bicyclic) bond motifs is 1. The molecule has 3 atom stereocenters. The van der Waals surface area contributed by atoms with E-state index < -0.39 is 51.8 Å². The number of halogens is 5. The Bertz CT molecular complexity index is 1180. The lowest BCUT2D eigenvalue weighted by atomic mass is 9.85. The van der Waals surface area contributed by atoms with Crippen molar-refractivity contribution in [2.45, 2.75) is 35.4 Å². The van der Waals surface area contributed by atoms with E-state index in [0.717, 1.165) is 26.2 Å². The zero-order chi connectivity index (χ0) is 23.3. The summed E-state index contributed by atoms with van der Waals surface area (Å²) in [5.41, 5.74) is 1.05. The van der Waals surface area contributed by atoms with Gasteiger partial charge in [0.2, 0.25) is 11.7 Å². The van der Waals surface area contributed by atoms with Gasteiger partial charge in [-0.05, 0) is 47.9 Å². The van der Waals surface area contributed by atoms with Gasteiger partial charge in [-0.15, -0.1) is 11.8 Å². The molecule has 0 radical (unpaired) electrons. The molecule has 1 amide bonds. The molecule has 1 saturated heterocycles. The number of alkyl halides is 3. The van der Waals surface area contributed by atoms with Gasteiger partial charge in [0.1, 0.15) is 15.8 Å². The Morgan fingerprint density at radius 1 is 1.22 bits per heavy atom. The molecule has 0 saturated carbocycles. The third kappa shape index (κ3) is 3.76. The molecule has 170 valence electrons. The number of benzene rings is 2. The molecular formula is C20H16F5N3O3S. The largest absolute Gasteiger partial charge is 0.493 e. The van der Waals surface area contributed by atoms with Crippen LogP contribution in [0, 0.1) is 11.6 Å². The molecule has 12 heteroatoms. The maximum atomic E-state index is 14.3. The second kappa shape index (κ2) is 7.91. The fraction of sp³-hybridized carbons (Fsp3) is 0.350. The quantitative estimate of drug-likeness (QED) is 0.534. The summed E-state index contributed by atoms with van der Waals surface area (Å²) < 4.78 is 76.7. The van der Waals surface area contributed by atoms with Gasteiger partial charge in [-0.25, -0.2) is 9.02 Å². The smallest absolute Gasteiger partial charge is 0.403 e. The lowest BCUT2D eigenvalue weighted by Gasteiger charge is -2.26. The van der Waals surface area contributed by atoms with Gasteiger partial charge in [-0.2, -0.15) is 17.6 Å². The SMILES string of the molecule is COc1c([C@@H]2C[C@](C)(C(F)(F)F)S[C@H]2C(=O)Nc2ccc3nonc3c2)ccc(F)c1F. The molecule has 6 nitrogen and oxygen atoms in total. The number of nitrogens with one attached hydrogen (secondary N) is 1. The summed E-state index contributed by atoms with van der Waals surface area (Å²) in [7, 11) is 1.09. The highest BCUT2D eigenvalue weighted by molar-refractivity contribution is 8.02. The van der Waals surface area contributed by atoms with Crippen LogP contribution in [0.4, 0.5) is 27.6 Å². The van der Waals surface area contributed by atoms with Gasteiger partial charge in [0.05, 0.1) is 12.4 Å². The molecule has 1 aromatic heterocycles. The van der Waals surface area contributed by atoms with Crippen molar-refractivity contribution in [1.29, 1.82) is 0 Å². The average molecular weight is 473 g/mol. The van der Waals surface area contributed by atoms with Crippen LogP contribution in [0.3, 0.4) is 0 Å².